The monoisotopic (exact) mass is 332 g/mol. The van der Waals surface area contributed by atoms with Crippen molar-refractivity contribution < 1.29 is 4.74 Å². The summed E-state index contributed by atoms with van der Waals surface area (Å²) in [6.07, 6.45) is 1.83. The zero-order valence-electron chi connectivity index (χ0n) is 13.3. The molecule has 1 saturated heterocycles. The second kappa shape index (κ2) is 7.62. The van der Waals surface area contributed by atoms with E-state index >= 15 is 0 Å². The number of benzene rings is 1. The highest BCUT2D eigenvalue weighted by molar-refractivity contribution is 6.30. The number of anilines is 2. The summed E-state index contributed by atoms with van der Waals surface area (Å²) in [6, 6.07) is 9.90. The van der Waals surface area contributed by atoms with Gasteiger partial charge in [0.05, 0.1) is 13.2 Å². The summed E-state index contributed by atoms with van der Waals surface area (Å²) >= 11 is 6.08. The summed E-state index contributed by atoms with van der Waals surface area (Å²) in [5.74, 6) is 1.71. The van der Waals surface area contributed by atoms with Crippen molar-refractivity contribution in [3.8, 4) is 0 Å². The minimum Gasteiger partial charge on any atom is -0.378 e. The Bertz CT molecular complexity index is 646. The van der Waals surface area contributed by atoms with Crippen molar-refractivity contribution in [3.63, 3.8) is 0 Å². The summed E-state index contributed by atoms with van der Waals surface area (Å²) < 4.78 is 5.39. The van der Waals surface area contributed by atoms with E-state index in [1.165, 1.54) is 5.56 Å². The lowest BCUT2D eigenvalue weighted by atomic mass is 10.2. The number of rotatable bonds is 5. The van der Waals surface area contributed by atoms with Crippen LogP contribution in [-0.4, -0.2) is 42.8 Å². The van der Waals surface area contributed by atoms with E-state index in [4.69, 9.17) is 21.3 Å². The van der Waals surface area contributed by atoms with Crippen LogP contribution < -0.4 is 9.80 Å². The highest BCUT2D eigenvalue weighted by Gasteiger charge is 2.15. The predicted octanol–water partition coefficient (Wildman–Crippen LogP) is 2.99. The molecule has 1 aromatic heterocycles. The van der Waals surface area contributed by atoms with Crippen molar-refractivity contribution in [2.24, 2.45) is 0 Å². The van der Waals surface area contributed by atoms with Gasteiger partial charge in [-0.25, -0.2) is 4.98 Å². The number of hydrogen-bond acceptors (Lipinski definition) is 5. The van der Waals surface area contributed by atoms with Gasteiger partial charge < -0.3 is 14.5 Å². The molecule has 0 saturated carbocycles. The first-order chi connectivity index (χ1) is 11.3. The van der Waals surface area contributed by atoms with Crippen molar-refractivity contribution in [3.05, 3.63) is 47.1 Å². The molecule has 0 aliphatic carbocycles. The van der Waals surface area contributed by atoms with Crippen molar-refractivity contribution >= 4 is 23.4 Å². The Morgan fingerprint density at radius 2 is 2.09 bits per heavy atom. The Balaban J connectivity index is 1.78. The van der Waals surface area contributed by atoms with E-state index in [9.17, 15) is 0 Å². The lowest BCUT2D eigenvalue weighted by Gasteiger charge is -2.28. The Labute approximate surface area is 141 Å². The Morgan fingerprint density at radius 3 is 2.83 bits per heavy atom. The van der Waals surface area contributed by atoms with Crippen molar-refractivity contribution in [1.82, 2.24) is 9.97 Å². The number of ether oxygens (including phenoxy) is 1. The van der Waals surface area contributed by atoms with Crippen molar-refractivity contribution in [1.29, 1.82) is 0 Å². The molecular weight excluding hydrogens is 312 g/mol. The van der Waals surface area contributed by atoms with Crippen LogP contribution in [0.1, 0.15) is 12.5 Å². The summed E-state index contributed by atoms with van der Waals surface area (Å²) in [4.78, 5) is 13.5. The van der Waals surface area contributed by atoms with E-state index in [-0.39, 0.29) is 0 Å². The average molecular weight is 333 g/mol. The van der Waals surface area contributed by atoms with Gasteiger partial charge in [0.1, 0.15) is 5.82 Å². The van der Waals surface area contributed by atoms with Gasteiger partial charge in [-0.2, -0.15) is 4.98 Å². The number of hydrogen-bond donors (Lipinski definition) is 0. The van der Waals surface area contributed by atoms with Gasteiger partial charge in [-0.15, -0.1) is 0 Å². The zero-order chi connectivity index (χ0) is 16.1. The fourth-order valence-corrected chi connectivity index (χ4v) is 2.85. The largest absolute Gasteiger partial charge is 0.378 e. The fraction of sp³-hybridized carbons (Fsp3) is 0.412. The molecule has 2 aromatic rings. The van der Waals surface area contributed by atoms with Crippen LogP contribution in [0.25, 0.3) is 0 Å². The second-order valence-corrected chi connectivity index (χ2v) is 5.89. The third-order valence-corrected chi connectivity index (χ3v) is 4.13. The minimum atomic E-state index is 0.730. The van der Waals surface area contributed by atoms with Crippen LogP contribution in [0.5, 0.6) is 0 Å². The quantitative estimate of drug-likeness (QED) is 0.842. The van der Waals surface area contributed by atoms with Gasteiger partial charge in [-0.3, -0.25) is 0 Å². The minimum absolute atomic E-state index is 0.730. The van der Waals surface area contributed by atoms with Crippen molar-refractivity contribution in [2.45, 2.75) is 13.5 Å². The molecule has 0 N–H and O–H groups in total. The lowest BCUT2D eigenvalue weighted by Crippen LogP contribution is -2.37. The topological polar surface area (TPSA) is 41.5 Å². The molecule has 6 heteroatoms. The molecule has 1 aliphatic heterocycles. The molecule has 5 nitrogen and oxygen atoms in total. The molecule has 0 radical (unpaired) electrons. The molecule has 122 valence electrons. The average Bonchev–Trinajstić information content (AvgIpc) is 2.61. The van der Waals surface area contributed by atoms with Crippen LogP contribution in [0.15, 0.2) is 36.5 Å². The van der Waals surface area contributed by atoms with E-state index in [1.54, 1.807) is 0 Å². The summed E-state index contributed by atoms with van der Waals surface area (Å²) in [6.45, 7) is 6.90. The molecule has 23 heavy (non-hydrogen) atoms. The molecule has 0 unspecified atom stereocenters. The number of halogens is 1. The molecule has 3 rings (SSSR count). The van der Waals surface area contributed by atoms with Crippen LogP contribution in [0, 0.1) is 0 Å². The standard InChI is InChI=1S/C17H21ClN4O/c1-2-21(13-14-4-3-5-15(18)12-14)16-6-7-19-17(20-16)22-8-10-23-11-9-22/h3-7,12H,2,8-11,13H2,1H3. The Hall–Kier alpha value is -1.85. The number of aromatic nitrogens is 2. The van der Waals surface area contributed by atoms with E-state index in [1.807, 2.05) is 30.5 Å². The van der Waals surface area contributed by atoms with Gasteiger partial charge in [0.25, 0.3) is 0 Å². The van der Waals surface area contributed by atoms with Crippen LogP contribution in [0.3, 0.4) is 0 Å². The SMILES string of the molecule is CCN(Cc1cccc(Cl)c1)c1ccnc(N2CCOCC2)n1. The molecule has 0 amide bonds. The van der Waals surface area contributed by atoms with Crippen LogP contribution in [0.2, 0.25) is 5.02 Å². The maximum Gasteiger partial charge on any atom is 0.227 e. The van der Waals surface area contributed by atoms with Crippen molar-refractivity contribution in [2.75, 3.05) is 42.6 Å². The van der Waals surface area contributed by atoms with E-state index in [2.05, 4.69) is 27.8 Å². The zero-order valence-corrected chi connectivity index (χ0v) is 14.0. The van der Waals surface area contributed by atoms with Gasteiger partial charge in [0.15, 0.2) is 0 Å². The van der Waals surface area contributed by atoms with Gasteiger partial charge in [-0.1, -0.05) is 23.7 Å². The normalized spacial score (nSPS) is 14.8. The summed E-state index contributed by atoms with van der Waals surface area (Å²) in [5.41, 5.74) is 1.17. The van der Waals surface area contributed by atoms with E-state index in [0.717, 1.165) is 56.2 Å². The van der Waals surface area contributed by atoms with Crippen LogP contribution in [0.4, 0.5) is 11.8 Å². The van der Waals surface area contributed by atoms with Crippen LogP contribution in [-0.2, 0) is 11.3 Å². The summed E-state index contributed by atoms with van der Waals surface area (Å²) in [7, 11) is 0. The third kappa shape index (κ3) is 4.12. The highest BCUT2D eigenvalue weighted by atomic mass is 35.5. The first-order valence-corrected chi connectivity index (χ1v) is 8.29. The molecule has 1 fully saturated rings. The third-order valence-electron chi connectivity index (χ3n) is 3.89. The molecule has 2 heterocycles. The second-order valence-electron chi connectivity index (χ2n) is 5.46. The van der Waals surface area contributed by atoms with Gasteiger partial charge in [0.2, 0.25) is 5.95 Å². The maximum atomic E-state index is 6.08. The lowest BCUT2D eigenvalue weighted by molar-refractivity contribution is 0.122. The van der Waals surface area contributed by atoms with Gasteiger partial charge in [-0.05, 0) is 30.7 Å². The maximum absolute atomic E-state index is 6.08. The molecule has 0 atom stereocenters. The predicted molar refractivity (Wildman–Crippen MR) is 93.2 cm³/mol. The first kappa shape index (κ1) is 16.0. The molecule has 1 aromatic carbocycles. The smallest absolute Gasteiger partial charge is 0.227 e. The molecule has 1 aliphatic rings. The highest BCUT2D eigenvalue weighted by Crippen LogP contribution is 2.19. The Kier molecular flexibility index (Phi) is 5.31. The number of nitrogens with zero attached hydrogens (tertiary/aromatic N) is 4. The van der Waals surface area contributed by atoms with Crippen LogP contribution >= 0.6 is 11.6 Å². The van der Waals surface area contributed by atoms with Gasteiger partial charge in [0, 0.05) is 37.4 Å². The first-order valence-electron chi connectivity index (χ1n) is 7.91. The van der Waals surface area contributed by atoms with E-state index < -0.39 is 0 Å². The fourth-order valence-electron chi connectivity index (χ4n) is 2.64. The molecular formula is C17H21ClN4O. The van der Waals surface area contributed by atoms with Gasteiger partial charge >= 0.3 is 0 Å². The summed E-state index contributed by atoms with van der Waals surface area (Å²) in [5, 5.41) is 0.759. The Morgan fingerprint density at radius 1 is 1.26 bits per heavy atom. The van der Waals surface area contributed by atoms with E-state index in [0.29, 0.717) is 0 Å². The number of morpholine rings is 1. The molecule has 0 bridgehead atoms. The molecule has 0 spiro atoms.